The first-order valence-electron chi connectivity index (χ1n) is 8.11. The van der Waals surface area contributed by atoms with Crippen molar-refractivity contribution in [1.82, 2.24) is 19.1 Å². The fourth-order valence-corrected chi connectivity index (χ4v) is 2.90. The summed E-state index contributed by atoms with van der Waals surface area (Å²) < 4.78 is 2.95. The van der Waals surface area contributed by atoms with Gasteiger partial charge in [-0.2, -0.15) is 4.98 Å². The number of hydrogen-bond acceptors (Lipinski definition) is 5. The summed E-state index contributed by atoms with van der Waals surface area (Å²) in [6.45, 7) is 0.0989. The summed E-state index contributed by atoms with van der Waals surface area (Å²) in [6, 6.07) is 9.77. The highest BCUT2D eigenvalue weighted by atomic mass is 16.3. The monoisotopic (exact) mass is 343 g/mol. The van der Waals surface area contributed by atoms with Gasteiger partial charge in [0, 0.05) is 20.7 Å². The van der Waals surface area contributed by atoms with Crippen LogP contribution in [0.2, 0.25) is 0 Å². The lowest BCUT2D eigenvalue weighted by molar-refractivity contribution is 0.281. The highest BCUT2D eigenvalue weighted by molar-refractivity contribution is 5.74. The Labute approximate surface area is 143 Å². The maximum Gasteiger partial charge on any atom is 0.329 e. The van der Waals surface area contributed by atoms with Crippen LogP contribution in [0.1, 0.15) is 24.4 Å². The van der Waals surface area contributed by atoms with E-state index in [-0.39, 0.29) is 12.6 Å². The molecule has 0 saturated carbocycles. The first kappa shape index (κ1) is 17.0. The van der Waals surface area contributed by atoms with Crippen LogP contribution in [-0.2, 0) is 14.1 Å². The molecule has 0 aliphatic heterocycles. The molecule has 0 aliphatic carbocycles. The van der Waals surface area contributed by atoms with Crippen molar-refractivity contribution < 1.29 is 5.11 Å². The van der Waals surface area contributed by atoms with Gasteiger partial charge in [0.2, 0.25) is 5.95 Å². The van der Waals surface area contributed by atoms with Crippen molar-refractivity contribution >= 4 is 17.1 Å². The average Bonchev–Trinajstić information content (AvgIpc) is 2.94. The van der Waals surface area contributed by atoms with Crippen molar-refractivity contribution in [3.05, 3.63) is 56.7 Å². The lowest BCUT2D eigenvalue weighted by atomic mass is 10.0. The minimum atomic E-state index is -0.498. The number of rotatable bonds is 6. The molecule has 2 aromatic heterocycles. The molecule has 132 valence electrons. The third-order valence-corrected chi connectivity index (χ3v) is 4.29. The van der Waals surface area contributed by atoms with Crippen LogP contribution in [0.5, 0.6) is 0 Å². The summed E-state index contributed by atoms with van der Waals surface area (Å²) >= 11 is 0. The van der Waals surface area contributed by atoms with E-state index in [1.807, 2.05) is 30.3 Å². The molecule has 0 spiro atoms. The number of aromatic nitrogens is 4. The Morgan fingerprint density at radius 1 is 1.20 bits per heavy atom. The fraction of sp³-hybridized carbons (Fsp3) is 0.353. The van der Waals surface area contributed by atoms with E-state index in [1.165, 1.54) is 4.57 Å². The van der Waals surface area contributed by atoms with Crippen LogP contribution in [0.25, 0.3) is 11.2 Å². The standard InChI is InChI=1S/C17H21N5O3/c1-21-13-14(22(2)17(25)20-15(13)24)19-16(21)18-12(9-6-10-23)11-7-4-3-5-8-11/h3-5,7-8,12,23H,6,9-10H2,1-2H3,(H,18,19)(H,20,24,25)/t12-/m0/s1. The van der Waals surface area contributed by atoms with Gasteiger partial charge in [-0.25, -0.2) is 4.79 Å². The normalized spacial score (nSPS) is 12.4. The number of imidazole rings is 1. The number of fused-ring (bicyclic) bond motifs is 1. The molecule has 3 rings (SSSR count). The number of anilines is 1. The van der Waals surface area contributed by atoms with Gasteiger partial charge in [-0.3, -0.25) is 14.3 Å². The van der Waals surface area contributed by atoms with Crippen molar-refractivity contribution in [3.63, 3.8) is 0 Å². The van der Waals surface area contributed by atoms with E-state index in [9.17, 15) is 9.59 Å². The molecule has 0 unspecified atom stereocenters. The molecular formula is C17H21N5O3. The zero-order chi connectivity index (χ0) is 18.0. The smallest absolute Gasteiger partial charge is 0.329 e. The Morgan fingerprint density at radius 2 is 1.92 bits per heavy atom. The van der Waals surface area contributed by atoms with Gasteiger partial charge in [0.05, 0.1) is 6.04 Å². The number of H-pyrrole nitrogens is 1. The van der Waals surface area contributed by atoms with E-state index in [1.54, 1.807) is 18.7 Å². The Kier molecular flexibility index (Phi) is 4.71. The van der Waals surface area contributed by atoms with Crippen LogP contribution < -0.4 is 16.6 Å². The molecular weight excluding hydrogens is 322 g/mol. The number of nitrogens with one attached hydrogen (secondary N) is 2. The number of benzene rings is 1. The summed E-state index contributed by atoms with van der Waals surface area (Å²) in [6.07, 6.45) is 1.34. The molecule has 0 aliphatic rings. The van der Waals surface area contributed by atoms with Crippen LogP contribution in [0, 0.1) is 0 Å². The second-order valence-corrected chi connectivity index (χ2v) is 5.96. The fourth-order valence-electron chi connectivity index (χ4n) is 2.90. The number of aliphatic hydroxyl groups excluding tert-OH is 1. The van der Waals surface area contributed by atoms with Gasteiger partial charge in [0.1, 0.15) is 0 Å². The van der Waals surface area contributed by atoms with Crippen LogP contribution in [0.15, 0.2) is 39.9 Å². The summed E-state index contributed by atoms with van der Waals surface area (Å²) in [5.41, 5.74) is 0.756. The Bertz CT molecular complexity index is 987. The second-order valence-electron chi connectivity index (χ2n) is 5.96. The van der Waals surface area contributed by atoms with E-state index in [4.69, 9.17) is 5.11 Å². The number of nitrogens with zero attached hydrogens (tertiary/aromatic N) is 3. The topological polar surface area (TPSA) is 105 Å². The van der Waals surface area contributed by atoms with Crippen LogP contribution in [-0.4, -0.2) is 30.8 Å². The number of aliphatic hydroxyl groups is 1. The molecule has 25 heavy (non-hydrogen) atoms. The number of aromatic amines is 1. The zero-order valence-corrected chi connectivity index (χ0v) is 14.2. The molecule has 3 N–H and O–H groups in total. The van der Waals surface area contributed by atoms with Crippen molar-refractivity contribution in [2.24, 2.45) is 14.1 Å². The molecule has 1 aromatic carbocycles. The summed E-state index contributed by atoms with van der Waals surface area (Å²) in [7, 11) is 3.29. The van der Waals surface area contributed by atoms with Gasteiger partial charge < -0.3 is 15.0 Å². The molecule has 0 saturated heterocycles. The van der Waals surface area contributed by atoms with Gasteiger partial charge >= 0.3 is 5.69 Å². The van der Waals surface area contributed by atoms with Gasteiger partial charge in [-0.15, -0.1) is 0 Å². The highest BCUT2D eigenvalue weighted by Gasteiger charge is 2.18. The minimum absolute atomic E-state index is 0.0695. The van der Waals surface area contributed by atoms with Crippen molar-refractivity contribution in [2.75, 3.05) is 11.9 Å². The highest BCUT2D eigenvalue weighted by Crippen LogP contribution is 2.24. The third kappa shape index (κ3) is 3.20. The van der Waals surface area contributed by atoms with Crippen LogP contribution >= 0.6 is 0 Å². The molecule has 0 radical (unpaired) electrons. The van der Waals surface area contributed by atoms with Gasteiger partial charge in [0.15, 0.2) is 11.2 Å². The van der Waals surface area contributed by atoms with E-state index < -0.39 is 11.2 Å². The minimum Gasteiger partial charge on any atom is -0.396 e. The number of aryl methyl sites for hydroxylation is 2. The molecule has 8 heteroatoms. The molecule has 0 fully saturated rings. The molecule has 0 bridgehead atoms. The maximum absolute atomic E-state index is 12.1. The van der Waals surface area contributed by atoms with E-state index in [0.717, 1.165) is 5.56 Å². The van der Waals surface area contributed by atoms with E-state index >= 15 is 0 Å². The van der Waals surface area contributed by atoms with Gasteiger partial charge in [-0.05, 0) is 18.4 Å². The largest absolute Gasteiger partial charge is 0.396 e. The Morgan fingerprint density at radius 3 is 2.60 bits per heavy atom. The van der Waals surface area contributed by atoms with Crippen molar-refractivity contribution in [2.45, 2.75) is 18.9 Å². The first-order valence-corrected chi connectivity index (χ1v) is 8.11. The SMILES string of the molecule is Cn1c(N[C@@H](CCCO)c2ccccc2)nc2c1c(=O)[nH]c(=O)n2C. The quantitative estimate of drug-likeness (QED) is 0.616. The summed E-state index contributed by atoms with van der Waals surface area (Å²) in [4.78, 5) is 30.6. The molecule has 2 heterocycles. The predicted molar refractivity (Wildman–Crippen MR) is 95.7 cm³/mol. The predicted octanol–water partition coefficient (Wildman–Crippen LogP) is 0.886. The van der Waals surface area contributed by atoms with Gasteiger partial charge in [0.25, 0.3) is 5.56 Å². The molecule has 0 amide bonds. The van der Waals surface area contributed by atoms with E-state index in [0.29, 0.717) is 30.0 Å². The maximum atomic E-state index is 12.1. The van der Waals surface area contributed by atoms with Gasteiger partial charge in [-0.1, -0.05) is 30.3 Å². The van der Waals surface area contributed by atoms with Crippen molar-refractivity contribution in [3.8, 4) is 0 Å². The second kappa shape index (κ2) is 6.94. The molecule has 3 aromatic rings. The lowest BCUT2D eigenvalue weighted by Gasteiger charge is -2.19. The van der Waals surface area contributed by atoms with Crippen LogP contribution in [0.3, 0.4) is 0 Å². The number of hydrogen-bond donors (Lipinski definition) is 3. The van der Waals surface area contributed by atoms with Crippen molar-refractivity contribution in [1.29, 1.82) is 0 Å². The first-order chi connectivity index (χ1) is 12.0. The zero-order valence-electron chi connectivity index (χ0n) is 14.2. The molecule has 1 atom stereocenters. The summed E-state index contributed by atoms with van der Waals surface area (Å²) in [5.74, 6) is 0.494. The third-order valence-electron chi connectivity index (χ3n) is 4.29. The van der Waals surface area contributed by atoms with E-state index in [2.05, 4.69) is 15.3 Å². The molecule has 8 nitrogen and oxygen atoms in total. The lowest BCUT2D eigenvalue weighted by Crippen LogP contribution is -2.29. The summed E-state index contributed by atoms with van der Waals surface area (Å²) in [5, 5.41) is 12.5. The average molecular weight is 343 g/mol. The Hall–Kier alpha value is -2.87. The Balaban J connectivity index is 2.04. The van der Waals surface area contributed by atoms with Crippen LogP contribution in [0.4, 0.5) is 5.95 Å².